The fourth-order valence-corrected chi connectivity index (χ4v) is 4.71. The lowest BCUT2D eigenvalue weighted by atomic mass is 10.0. The van der Waals surface area contributed by atoms with Crippen LogP contribution >= 0.6 is 0 Å². The Morgan fingerprint density at radius 2 is 1.30 bits per heavy atom. The van der Waals surface area contributed by atoms with Crippen LogP contribution in [0.4, 0.5) is 0 Å². The molecule has 2 N–H and O–H groups in total. The molecule has 1 aliphatic rings. The molecule has 0 aromatic carbocycles. The maximum absolute atomic E-state index is 9.37. The third-order valence-corrected chi connectivity index (χ3v) is 6.89. The highest BCUT2D eigenvalue weighted by molar-refractivity contribution is 4.91. The average molecular weight is 422 g/mol. The quantitative estimate of drug-likeness (QED) is 0.115. The molecule has 0 fully saturated rings. The summed E-state index contributed by atoms with van der Waals surface area (Å²) in [6, 6.07) is 0. The lowest BCUT2D eigenvalue weighted by molar-refractivity contribution is -0.899. The lowest BCUT2D eigenvalue weighted by Gasteiger charge is -2.36. The summed E-state index contributed by atoms with van der Waals surface area (Å²) in [6.07, 6.45) is 33.0. The molecular weight excluding hydrogens is 368 g/mol. The van der Waals surface area contributed by atoms with Crippen LogP contribution in [0.25, 0.3) is 0 Å². The van der Waals surface area contributed by atoms with Gasteiger partial charge in [0.2, 0.25) is 0 Å². The number of nitrogens with zero attached hydrogens (tertiary/aromatic N) is 1. The highest BCUT2D eigenvalue weighted by Crippen LogP contribution is 2.21. The fraction of sp³-hybridized carbons (Fsp3) is 0.852. The van der Waals surface area contributed by atoms with Crippen LogP contribution in [0.3, 0.4) is 0 Å². The van der Waals surface area contributed by atoms with Gasteiger partial charge in [-0.15, -0.1) is 0 Å². The molecule has 0 saturated carbocycles. The Morgan fingerprint density at radius 1 is 0.767 bits per heavy atom. The van der Waals surface area contributed by atoms with Gasteiger partial charge in [0.05, 0.1) is 19.4 Å². The third kappa shape index (κ3) is 12.2. The summed E-state index contributed by atoms with van der Waals surface area (Å²) in [6.45, 7) is 6.58. The predicted octanol–water partition coefficient (Wildman–Crippen LogP) is 7.42. The van der Waals surface area contributed by atoms with E-state index in [-0.39, 0.29) is 6.61 Å². The van der Waals surface area contributed by atoms with Gasteiger partial charge in [0, 0.05) is 6.42 Å². The van der Waals surface area contributed by atoms with Crippen LogP contribution in [0.2, 0.25) is 0 Å². The van der Waals surface area contributed by atoms with Crippen LogP contribution in [0.5, 0.6) is 0 Å². The number of nitrogens with one attached hydrogen (secondary N) is 1. The standard InChI is InChI=1S/C27H53N2O/c1-3-5-6-7-8-9-10-11-12-13-14-15-16-17-18-19-20-21-22-27-28-23-24-29(27,4-2)25-26-30/h20-21,23-24,27-28,30H,3-19,22,25-26H2,1-2H3/q+1/b21-20+. The van der Waals surface area contributed by atoms with Gasteiger partial charge in [-0.1, -0.05) is 109 Å². The normalized spacial score (nSPS) is 21.0. The summed E-state index contributed by atoms with van der Waals surface area (Å²) in [5, 5.41) is 12.8. The highest BCUT2D eigenvalue weighted by Gasteiger charge is 2.35. The van der Waals surface area contributed by atoms with E-state index < -0.39 is 0 Å². The number of unbranched alkanes of at least 4 members (excludes halogenated alkanes) is 15. The zero-order valence-corrected chi connectivity index (χ0v) is 20.4. The summed E-state index contributed by atoms with van der Waals surface area (Å²) in [5.41, 5.74) is 0. The van der Waals surface area contributed by atoms with E-state index >= 15 is 0 Å². The van der Waals surface area contributed by atoms with E-state index in [2.05, 4.69) is 43.7 Å². The molecule has 1 aliphatic heterocycles. The third-order valence-electron chi connectivity index (χ3n) is 6.89. The lowest BCUT2D eigenvalue weighted by Crippen LogP contribution is -2.53. The minimum atomic E-state index is 0.249. The predicted molar refractivity (Wildman–Crippen MR) is 132 cm³/mol. The number of aliphatic hydroxyl groups excluding tert-OH is 1. The van der Waals surface area contributed by atoms with Crippen LogP contribution in [0.1, 0.15) is 123 Å². The number of allylic oxidation sites excluding steroid dienone is 1. The Bertz CT molecular complexity index is 435. The summed E-state index contributed by atoms with van der Waals surface area (Å²) in [5.74, 6) is 0. The number of aliphatic hydroxyl groups is 1. The van der Waals surface area contributed by atoms with Crippen LogP contribution in [-0.2, 0) is 0 Å². The Labute approximate surface area is 188 Å². The van der Waals surface area contributed by atoms with Crippen molar-refractivity contribution in [3.05, 3.63) is 24.6 Å². The Balaban J connectivity index is 1.86. The molecule has 0 radical (unpaired) electrons. The topological polar surface area (TPSA) is 32.3 Å². The Hall–Kier alpha value is -0.800. The van der Waals surface area contributed by atoms with Gasteiger partial charge < -0.3 is 10.4 Å². The molecule has 2 unspecified atom stereocenters. The van der Waals surface area contributed by atoms with Gasteiger partial charge in [0.1, 0.15) is 12.7 Å². The number of hydrogen-bond acceptors (Lipinski definition) is 2. The molecule has 0 spiro atoms. The molecular formula is C27H53N2O+. The van der Waals surface area contributed by atoms with Crippen molar-refractivity contribution < 1.29 is 9.59 Å². The molecule has 3 nitrogen and oxygen atoms in total. The molecule has 0 aromatic rings. The van der Waals surface area contributed by atoms with E-state index in [1.807, 2.05) is 0 Å². The number of likely N-dealkylation sites (N-methyl/N-ethyl adjacent to an activating group) is 1. The fourth-order valence-electron chi connectivity index (χ4n) is 4.71. The molecule has 0 amide bonds. The zero-order valence-electron chi connectivity index (χ0n) is 20.4. The van der Waals surface area contributed by atoms with Gasteiger partial charge in [-0.3, -0.25) is 4.48 Å². The van der Waals surface area contributed by atoms with Crippen molar-refractivity contribution in [1.29, 1.82) is 0 Å². The molecule has 2 atom stereocenters. The summed E-state index contributed by atoms with van der Waals surface area (Å²) < 4.78 is 0.861. The summed E-state index contributed by atoms with van der Waals surface area (Å²) in [4.78, 5) is 0. The Morgan fingerprint density at radius 3 is 1.80 bits per heavy atom. The SMILES string of the molecule is CCCCCCCCCCCCCCCCC/C=C/CC1NC=C[N+]1(CC)CCO. The molecule has 1 rings (SSSR count). The molecule has 0 saturated heterocycles. The molecule has 0 aliphatic carbocycles. The first-order chi connectivity index (χ1) is 14.8. The number of rotatable bonds is 21. The number of quaternary nitrogens is 1. The van der Waals surface area contributed by atoms with Crippen LogP contribution < -0.4 is 5.32 Å². The van der Waals surface area contributed by atoms with E-state index in [1.165, 1.54) is 103 Å². The van der Waals surface area contributed by atoms with E-state index in [0.717, 1.165) is 24.0 Å². The molecule has 3 heteroatoms. The van der Waals surface area contributed by atoms with Gasteiger partial charge >= 0.3 is 0 Å². The van der Waals surface area contributed by atoms with Gasteiger partial charge in [-0.25, -0.2) is 0 Å². The molecule has 176 valence electrons. The zero-order chi connectivity index (χ0) is 21.8. The molecule has 0 aromatic heterocycles. The van der Waals surface area contributed by atoms with E-state index in [1.54, 1.807) is 0 Å². The maximum atomic E-state index is 9.37. The van der Waals surface area contributed by atoms with Crippen molar-refractivity contribution in [2.45, 2.75) is 129 Å². The average Bonchev–Trinajstić information content (AvgIpc) is 3.16. The Kier molecular flexibility index (Phi) is 17.2. The van der Waals surface area contributed by atoms with Gasteiger partial charge in [0.15, 0.2) is 6.17 Å². The smallest absolute Gasteiger partial charge is 0.169 e. The van der Waals surface area contributed by atoms with Crippen molar-refractivity contribution >= 4 is 0 Å². The monoisotopic (exact) mass is 421 g/mol. The maximum Gasteiger partial charge on any atom is 0.169 e. The molecule has 0 bridgehead atoms. The molecule has 1 heterocycles. The second kappa shape index (κ2) is 18.9. The van der Waals surface area contributed by atoms with E-state index in [9.17, 15) is 5.11 Å². The van der Waals surface area contributed by atoms with Crippen LogP contribution in [0.15, 0.2) is 24.6 Å². The minimum absolute atomic E-state index is 0.249. The van der Waals surface area contributed by atoms with Gasteiger partial charge in [0.25, 0.3) is 0 Å². The van der Waals surface area contributed by atoms with Crippen LogP contribution in [-0.4, -0.2) is 35.5 Å². The van der Waals surface area contributed by atoms with E-state index in [4.69, 9.17) is 0 Å². The second-order valence-electron chi connectivity index (χ2n) is 9.31. The van der Waals surface area contributed by atoms with Gasteiger partial charge in [-0.2, -0.15) is 0 Å². The highest BCUT2D eigenvalue weighted by atomic mass is 16.3. The van der Waals surface area contributed by atoms with Crippen molar-refractivity contribution in [3.63, 3.8) is 0 Å². The van der Waals surface area contributed by atoms with Crippen molar-refractivity contribution in [3.8, 4) is 0 Å². The van der Waals surface area contributed by atoms with E-state index in [0.29, 0.717) is 6.17 Å². The van der Waals surface area contributed by atoms with Crippen molar-refractivity contribution in [2.75, 3.05) is 19.7 Å². The van der Waals surface area contributed by atoms with Crippen LogP contribution in [0, 0.1) is 0 Å². The van der Waals surface area contributed by atoms with Gasteiger partial charge in [-0.05, 0) is 19.8 Å². The number of hydrogen-bond donors (Lipinski definition) is 2. The first-order valence-corrected chi connectivity index (χ1v) is 13.3. The molecule has 30 heavy (non-hydrogen) atoms. The minimum Gasteiger partial charge on any atom is -0.390 e. The summed E-state index contributed by atoms with van der Waals surface area (Å²) in [7, 11) is 0. The summed E-state index contributed by atoms with van der Waals surface area (Å²) >= 11 is 0. The van der Waals surface area contributed by atoms with Crippen molar-refractivity contribution in [1.82, 2.24) is 5.32 Å². The first-order valence-electron chi connectivity index (χ1n) is 13.3. The first kappa shape index (κ1) is 27.2. The van der Waals surface area contributed by atoms with Crippen molar-refractivity contribution in [2.24, 2.45) is 0 Å². The second-order valence-corrected chi connectivity index (χ2v) is 9.31. The largest absolute Gasteiger partial charge is 0.390 e.